The van der Waals surface area contributed by atoms with Gasteiger partial charge in [0.2, 0.25) is 28.6 Å². The molecule has 0 bridgehead atoms. The van der Waals surface area contributed by atoms with Crippen LogP contribution in [-0.2, 0) is 26.2 Å². The number of sulfonamides is 1. The highest BCUT2D eigenvalue weighted by atomic mass is 35.5. The topological polar surface area (TPSA) is 105 Å². The Morgan fingerprint density at radius 2 is 1.77 bits per heavy atom. The summed E-state index contributed by atoms with van der Waals surface area (Å²) in [5.74, 6) is -0.148. The Bertz CT molecular complexity index is 1160. The van der Waals surface area contributed by atoms with Crippen LogP contribution in [0, 0.1) is 0 Å². The van der Waals surface area contributed by atoms with Gasteiger partial charge in [-0.3, -0.25) is 13.9 Å². The maximum atomic E-state index is 13.6. The standard InChI is InChI=1S/C24H30ClN3O6S/c1-4-12-26-24(30)17(3)27(14-18-6-8-19(25)9-7-18)23(29)15-28(35(31,32)5-2)20-10-11-21-22(13-20)34-16-33-21/h6-11,13,17H,4-5,12,14-16H2,1-3H3,(H,26,30)/t17-/m1/s1. The van der Waals surface area contributed by atoms with E-state index in [1.165, 1.54) is 17.9 Å². The third-order valence-corrected chi connectivity index (χ3v) is 7.60. The molecule has 2 aromatic carbocycles. The summed E-state index contributed by atoms with van der Waals surface area (Å²) < 4.78 is 37.7. The Hall–Kier alpha value is -2.98. The molecule has 1 aliphatic rings. The lowest BCUT2D eigenvalue weighted by Crippen LogP contribution is -2.51. The number of rotatable bonds is 11. The van der Waals surface area contributed by atoms with Gasteiger partial charge in [0.25, 0.3) is 0 Å². The van der Waals surface area contributed by atoms with Gasteiger partial charge in [0.1, 0.15) is 12.6 Å². The van der Waals surface area contributed by atoms with E-state index < -0.39 is 28.5 Å². The molecule has 0 spiro atoms. The first-order chi connectivity index (χ1) is 16.7. The van der Waals surface area contributed by atoms with E-state index >= 15 is 0 Å². The van der Waals surface area contributed by atoms with Crippen molar-refractivity contribution < 1.29 is 27.5 Å². The molecule has 0 aromatic heterocycles. The molecule has 35 heavy (non-hydrogen) atoms. The average molecular weight is 524 g/mol. The number of nitrogens with one attached hydrogen (secondary N) is 1. The number of nitrogens with zero attached hydrogens (tertiary/aromatic N) is 2. The molecule has 0 aliphatic carbocycles. The summed E-state index contributed by atoms with van der Waals surface area (Å²) in [4.78, 5) is 27.7. The smallest absolute Gasteiger partial charge is 0.244 e. The third kappa shape index (κ3) is 6.58. The van der Waals surface area contributed by atoms with Gasteiger partial charge in [-0.15, -0.1) is 0 Å². The molecule has 0 saturated carbocycles. The van der Waals surface area contributed by atoms with Crippen molar-refractivity contribution in [2.24, 2.45) is 0 Å². The molecular weight excluding hydrogens is 494 g/mol. The van der Waals surface area contributed by atoms with Crippen LogP contribution in [0.2, 0.25) is 5.02 Å². The Morgan fingerprint density at radius 3 is 2.43 bits per heavy atom. The van der Waals surface area contributed by atoms with Crippen molar-refractivity contribution in [3.63, 3.8) is 0 Å². The Morgan fingerprint density at radius 1 is 1.09 bits per heavy atom. The summed E-state index contributed by atoms with van der Waals surface area (Å²) in [5.41, 5.74) is 1.03. The highest BCUT2D eigenvalue weighted by molar-refractivity contribution is 7.92. The second-order valence-corrected chi connectivity index (χ2v) is 10.7. The van der Waals surface area contributed by atoms with Gasteiger partial charge in [-0.05, 0) is 50.1 Å². The highest BCUT2D eigenvalue weighted by Crippen LogP contribution is 2.36. The highest BCUT2D eigenvalue weighted by Gasteiger charge is 2.31. The zero-order chi connectivity index (χ0) is 25.6. The number of carbonyl (C=O) groups is 2. The molecule has 0 unspecified atom stereocenters. The van der Waals surface area contributed by atoms with E-state index in [9.17, 15) is 18.0 Å². The minimum Gasteiger partial charge on any atom is -0.454 e. The van der Waals surface area contributed by atoms with E-state index in [4.69, 9.17) is 21.1 Å². The number of halogens is 1. The Kier molecular flexibility index (Phi) is 8.85. The molecule has 1 N–H and O–H groups in total. The summed E-state index contributed by atoms with van der Waals surface area (Å²) in [5, 5.41) is 3.35. The van der Waals surface area contributed by atoms with Gasteiger partial charge < -0.3 is 19.7 Å². The van der Waals surface area contributed by atoms with Crippen LogP contribution in [0.4, 0.5) is 5.69 Å². The molecule has 1 heterocycles. The summed E-state index contributed by atoms with van der Waals surface area (Å²) >= 11 is 5.99. The third-order valence-electron chi connectivity index (χ3n) is 5.61. The number of amides is 2. The first kappa shape index (κ1) is 26.6. The fraction of sp³-hybridized carbons (Fsp3) is 0.417. The predicted octanol–water partition coefficient (Wildman–Crippen LogP) is 3.17. The molecule has 11 heteroatoms. The van der Waals surface area contributed by atoms with Gasteiger partial charge in [-0.1, -0.05) is 30.7 Å². The van der Waals surface area contributed by atoms with E-state index in [-0.39, 0.29) is 30.7 Å². The molecule has 2 aromatic rings. The second-order valence-electron chi connectivity index (χ2n) is 8.06. The van der Waals surface area contributed by atoms with Gasteiger partial charge >= 0.3 is 0 Å². The molecule has 1 atom stereocenters. The van der Waals surface area contributed by atoms with Gasteiger partial charge in [0.15, 0.2) is 11.5 Å². The number of fused-ring (bicyclic) bond motifs is 1. The quantitative estimate of drug-likeness (QED) is 0.485. The molecule has 1 aliphatic heterocycles. The lowest BCUT2D eigenvalue weighted by atomic mass is 10.1. The number of hydrogen-bond donors (Lipinski definition) is 1. The summed E-state index contributed by atoms with van der Waals surface area (Å²) in [6.45, 7) is 5.20. The van der Waals surface area contributed by atoms with E-state index in [2.05, 4.69) is 5.32 Å². The number of carbonyl (C=O) groups excluding carboxylic acids is 2. The van der Waals surface area contributed by atoms with Gasteiger partial charge in [-0.25, -0.2) is 8.42 Å². The zero-order valence-corrected chi connectivity index (χ0v) is 21.6. The number of benzene rings is 2. The molecule has 0 fully saturated rings. The van der Waals surface area contributed by atoms with Gasteiger partial charge in [-0.2, -0.15) is 0 Å². The van der Waals surface area contributed by atoms with Crippen molar-refractivity contribution in [2.45, 2.75) is 39.8 Å². The summed E-state index contributed by atoms with van der Waals surface area (Å²) in [6.07, 6.45) is 0.746. The van der Waals surface area contributed by atoms with Crippen LogP contribution < -0.4 is 19.1 Å². The summed E-state index contributed by atoms with van der Waals surface area (Å²) in [6, 6.07) is 10.8. The van der Waals surface area contributed by atoms with Crippen molar-refractivity contribution in [2.75, 3.05) is 29.9 Å². The fourth-order valence-electron chi connectivity index (χ4n) is 3.53. The molecule has 2 amide bonds. The van der Waals surface area contributed by atoms with Crippen molar-refractivity contribution in [1.82, 2.24) is 10.2 Å². The number of anilines is 1. The largest absolute Gasteiger partial charge is 0.454 e. The lowest BCUT2D eigenvalue weighted by molar-refractivity contribution is -0.139. The van der Waals surface area contributed by atoms with Gasteiger partial charge in [0.05, 0.1) is 11.4 Å². The second kappa shape index (κ2) is 11.6. The van der Waals surface area contributed by atoms with Crippen LogP contribution in [-0.4, -0.2) is 56.8 Å². The van der Waals surface area contributed by atoms with E-state index in [0.717, 1.165) is 16.3 Å². The monoisotopic (exact) mass is 523 g/mol. The fourth-order valence-corrected chi connectivity index (χ4v) is 4.70. The van der Waals surface area contributed by atoms with Crippen molar-refractivity contribution in [1.29, 1.82) is 0 Å². The SMILES string of the molecule is CCCNC(=O)[C@@H](C)N(Cc1ccc(Cl)cc1)C(=O)CN(c1ccc2c(c1)OCO2)S(=O)(=O)CC. The molecular formula is C24H30ClN3O6S. The Labute approximate surface area is 211 Å². The van der Waals surface area contributed by atoms with Crippen LogP contribution in [0.1, 0.15) is 32.8 Å². The van der Waals surface area contributed by atoms with Crippen LogP contribution >= 0.6 is 11.6 Å². The normalized spacial score (nSPS) is 13.3. The molecule has 0 saturated heterocycles. The lowest BCUT2D eigenvalue weighted by Gasteiger charge is -2.32. The number of ether oxygens (including phenoxy) is 2. The van der Waals surface area contributed by atoms with Crippen molar-refractivity contribution in [3.05, 3.63) is 53.1 Å². The van der Waals surface area contributed by atoms with Crippen molar-refractivity contribution in [3.8, 4) is 11.5 Å². The first-order valence-electron chi connectivity index (χ1n) is 11.4. The molecule has 3 rings (SSSR count). The predicted molar refractivity (Wildman–Crippen MR) is 134 cm³/mol. The number of hydrogen-bond acceptors (Lipinski definition) is 6. The van der Waals surface area contributed by atoms with E-state index in [1.807, 2.05) is 6.92 Å². The maximum absolute atomic E-state index is 13.6. The zero-order valence-electron chi connectivity index (χ0n) is 20.0. The minimum absolute atomic E-state index is 0.0392. The Balaban J connectivity index is 1.92. The molecule has 190 valence electrons. The summed E-state index contributed by atoms with van der Waals surface area (Å²) in [7, 11) is -3.83. The van der Waals surface area contributed by atoms with E-state index in [0.29, 0.717) is 23.1 Å². The molecule has 0 radical (unpaired) electrons. The van der Waals surface area contributed by atoms with Crippen LogP contribution in [0.5, 0.6) is 11.5 Å². The van der Waals surface area contributed by atoms with E-state index in [1.54, 1.807) is 43.3 Å². The van der Waals surface area contributed by atoms with Crippen molar-refractivity contribution >= 4 is 39.1 Å². The molecule has 9 nitrogen and oxygen atoms in total. The van der Waals surface area contributed by atoms with Gasteiger partial charge in [0, 0.05) is 24.2 Å². The van der Waals surface area contributed by atoms with Crippen LogP contribution in [0.15, 0.2) is 42.5 Å². The maximum Gasteiger partial charge on any atom is 0.244 e. The average Bonchev–Trinajstić information content (AvgIpc) is 3.32. The minimum atomic E-state index is -3.83. The van der Waals surface area contributed by atoms with Crippen LogP contribution in [0.25, 0.3) is 0 Å². The van der Waals surface area contributed by atoms with Crippen LogP contribution in [0.3, 0.4) is 0 Å². The first-order valence-corrected chi connectivity index (χ1v) is 13.4.